The fraction of sp³-hybridized carbons (Fsp3) is 0.556. The number of aromatic nitrogens is 2. The van der Waals surface area contributed by atoms with Crippen LogP contribution in [-0.2, 0) is 0 Å². The lowest BCUT2D eigenvalue weighted by Crippen LogP contribution is -2.33. The maximum absolute atomic E-state index is 10.5. The van der Waals surface area contributed by atoms with Crippen molar-refractivity contribution in [3.63, 3.8) is 0 Å². The molecule has 1 aliphatic rings. The first kappa shape index (κ1) is 9.73. The van der Waals surface area contributed by atoms with Crippen LogP contribution in [0.5, 0.6) is 0 Å². The third-order valence-electron chi connectivity index (χ3n) is 2.45. The van der Waals surface area contributed by atoms with Gasteiger partial charge in [0.25, 0.3) is 0 Å². The Bertz CT molecular complexity index is 326. The molecule has 0 aromatic carbocycles. The van der Waals surface area contributed by atoms with Gasteiger partial charge in [-0.15, -0.1) is 0 Å². The van der Waals surface area contributed by atoms with Gasteiger partial charge in [-0.05, 0) is 7.05 Å². The quantitative estimate of drug-likeness (QED) is 0.740. The summed E-state index contributed by atoms with van der Waals surface area (Å²) >= 11 is 1.93. The number of carbonyl (C=O) groups excluding carboxylic acids is 1. The van der Waals surface area contributed by atoms with Crippen LogP contribution >= 0.6 is 11.8 Å². The number of rotatable bonds is 2. The van der Waals surface area contributed by atoms with E-state index in [4.69, 9.17) is 0 Å². The Balaban J connectivity index is 2.16. The molecule has 2 heterocycles. The minimum absolute atomic E-state index is 0.322. The predicted molar refractivity (Wildman–Crippen MR) is 56.7 cm³/mol. The van der Waals surface area contributed by atoms with Gasteiger partial charge >= 0.3 is 0 Å². The van der Waals surface area contributed by atoms with Crippen LogP contribution in [0.25, 0.3) is 0 Å². The molecule has 0 radical (unpaired) electrons. The summed E-state index contributed by atoms with van der Waals surface area (Å²) in [6.07, 6.45) is 2.39. The Kier molecular flexibility index (Phi) is 2.88. The van der Waals surface area contributed by atoms with Crippen molar-refractivity contribution in [1.29, 1.82) is 0 Å². The van der Waals surface area contributed by atoms with E-state index in [-0.39, 0.29) is 0 Å². The van der Waals surface area contributed by atoms with E-state index in [2.05, 4.69) is 21.9 Å². The molecule has 2 rings (SSSR count). The Morgan fingerprint density at radius 1 is 1.79 bits per heavy atom. The van der Waals surface area contributed by atoms with Crippen molar-refractivity contribution < 1.29 is 4.79 Å². The summed E-state index contributed by atoms with van der Waals surface area (Å²) in [4.78, 5) is 20.0. The van der Waals surface area contributed by atoms with Crippen molar-refractivity contribution >= 4 is 18.0 Å². The molecule has 1 aromatic rings. The fourth-order valence-corrected chi connectivity index (χ4v) is 2.77. The van der Waals surface area contributed by atoms with Crippen molar-refractivity contribution in [1.82, 2.24) is 14.9 Å². The van der Waals surface area contributed by atoms with Crippen LogP contribution in [0.4, 0.5) is 0 Å². The molecule has 76 valence electrons. The van der Waals surface area contributed by atoms with E-state index < -0.39 is 0 Å². The number of H-pyrrole nitrogens is 1. The number of hydrogen-bond acceptors (Lipinski definition) is 4. The molecular weight excluding hydrogens is 198 g/mol. The number of aldehydes is 1. The lowest BCUT2D eigenvalue weighted by molar-refractivity contribution is 0.111. The molecule has 1 aromatic heterocycles. The first-order valence-corrected chi connectivity index (χ1v) is 5.75. The number of aromatic amines is 1. The zero-order chi connectivity index (χ0) is 9.97. The van der Waals surface area contributed by atoms with Gasteiger partial charge in [-0.25, -0.2) is 4.98 Å². The van der Waals surface area contributed by atoms with Crippen LogP contribution < -0.4 is 0 Å². The second-order valence-corrected chi connectivity index (χ2v) is 4.56. The van der Waals surface area contributed by atoms with Gasteiger partial charge in [0.15, 0.2) is 6.29 Å². The molecule has 14 heavy (non-hydrogen) atoms. The Morgan fingerprint density at radius 3 is 3.29 bits per heavy atom. The first-order chi connectivity index (χ1) is 6.81. The second-order valence-electron chi connectivity index (χ2n) is 3.41. The summed E-state index contributed by atoms with van der Waals surface area (Å²) in [6.45, 7) is 1.08. The molecule has 0 amide bonds. The lowest BCUT2D eigenvalue weighted by atomic mass is 10.3. The third-order valence-corrected chi connectivity index (χ3v) is 3.48. The molecule has 1 fully saturated rings. The Hall–Kier alpha value is -0.810. The average Bonchev–Trinajstić information content (AvgIpc) is 2.67. The van der Waals surface area contributed by atoms with Crippen LogP contribution in [-0.4, -0.2) is 46.3 Å². The standard InChI is InChI=1S/C9H13N3OS/c1-12-2-3-14-6-8(12)9-10-4-7(5-13)11-9/h4-5,8H,2-3,6H2,1H3,(H,10,11). The zero-order valence-electron chi connectivity index (χ0n) is 8.06. The van der Waals surface area contributed by atoms with Crippen LogP contribution in [0.2, 0.25) is 0 Å². The predicted octanol–water partition coefficient (Wildman–Crippen LogP) is 0.942. The normalized spacial score (nSPS) is 23.6. The van der Waals surface area contributed by atoms with Crippen molar-refractivity contribution in [2.45, 2.75) is 6.04 Å². The van der Waals surface area contributed by atoms with Crippen LogP contribution in [0.3, 0.4) is 0 Å². The third kappa shape index (κ3) is 1.83. The molecule has 0 spiro atoms. The Labute approximate surface area is 87.1 Å². The summed E-state index contributed by atoms with van der Waals surface area (Å²) in [5.74, 6) is 3.12. The molecule has 1 unspecified atom stereocenters. The van der Waals surface area contributed by atoms with Gasteiger partial charge < -0.3 is 4.98 Å². The Morgan fingerprint density at radius 2 is 2.64 bits per heavy atom. The van der Waals surface area contributed by atoms with Gasteiger partial charge in [0.2, 0.25) is 0 Å². The molecule has 0 saturated carbocycles. The maximum atomic E-state index is 10.5. The van der Waals surface area contributed by atoms with E-state index in [0.29, 0.717) is 11.7 Å². The number of carbonyl (C=O) groups is 1. The molecule has 0 bridgehead atoms. The first-order valence-electron chi connectivity index (χ1n) is 4.59. The van der Waals surface area contributed by atoms with Crippen LogP contribution in [0, 0.1) is 0 Å². The van der Waals surface area contributed by atoms with E-state index in [1.165, 1.54) is 5.75 Å². The number of thioether (sulfide) groups is 1. The van der Waals surface area contributed by atoms with Gasteiger partial charge in [-0.1, -0.05) is 0 Å². The second kappa shape index (κ2) is 4.14. The number of hydrogen-bond donors (Lipinski definition) is 1. The fourth-order valence-electron chi connectivity index (χ4n) is 1.56. The highest BCUT2D eigenvalue weighted by Crippen LogP contribution is 2.25. The largest absolute Gasteiger partial charge is 0.338 e. The van der Waals surface area contributed by atoms with Crippen LogP contribution in [0.1, 0.15) is 22.4 Å². The van der Waals surface area contributed by atoms with E-state index in [1.54, 1.807) is 6.20 Å². The monoisotopic (exact) mass is 211 g/mol. The van der Waals surface area contributed by atoms with Crippen molar-refractivity contribution in [2.24, 2.45) is 0 Å². The van der Waals surface area contributed by atoms with Gasteiger partial charge in [0.1, 0.15) is 5.82 Å². The minimum Gasteiger partial charge on any atom is -0.338 e. The molecule has 5 heteroatoms. The highest BCUT2D eigenvalue weighted by atomic mass is 32.2. The molecule has 1 atom stereocenters. The molecule has 1 N–H and O–H groups in total. The van der Waals surface area contributed by atoms with Gasteiger partial charge in [-0.3, -0.25) is 9.69 Å². The average molecular weight is 211 g/mol. The summed E-state index contributed by atoms with van der Waals surface area (Å²) in [6, 6.07) is 0.322. The number of nitrogens with zero attached hydrogens (tertiary/aromatic N) is 2. The van der Waals surface area contributed by atoms with Crippen molar-refractivity contribution in [3.05, 3.63) is 17.7 Å². The molecular formula is C9H13N3OS. The maximum Gasteiger partial charge on any atom is 0.167 e. The van der Waals surface area contributed by atoms with Crippen molar-refractivity contribution in [3.8, 4) is 0 Å². The highest BCUT2D eigenvalue weighted by molar-refractivity contribution is 7.99. The van der Waals surface area contributed by atoms with E-state index in [9.17, 15) is 4.79 Å². The minimum atomic E-state index is 0.322. The molecule has 1 saturated heterocycles. The summed E-state index contributed by atoms with van der Waals surface area (Å²) in [5.41, 5.74) is 0.559. The van der Waals surface area contributed by atoms with E-state index >= 15 is 0 Å². The van der Waals surface area contributed by atoms with Crippen molar-refractivity contribution in [2.75, 3.05) is 25.1 Å². The SMILES string of the molecule is CN1CCSCC1c1ncc(C=O)[nH]1. The van der Waals surface area contributed by atoms with Gasteiger partial charge in [0, 0.05) is 18.1 Å². The van der Waals surface area contributed by atoms with Gasteiger partial charge in [-0.2, -0.15) is 11.8 Å². The number of nitrogens with one attached hydrogen (secondary N) is 1. The van der Waals surface area contributed by atoms with E-state index in [0.717, 1.165) is 24.4 Å². The molecule has 1 aliphatic heterocycles. The number of imidazole rings is 1. The van der Waals surface area contributed by atoms with Gasteiger partial charge in [0.05, 0.1) is 17.9 Å². The summed E-state index contributed by atoms with van der Waals surface area (Å²) < 4.78 is 0. The topological polar surface area (TPSA) is 49.0 Å². The summed E-state index contributed by atoms with van der Waals surface area (Å²) in [7, 11) is 2.09. The summed E-state index contributed by atoms with van der Waals surface area (Å²) in [5, 5.41) is 0. The molecule has 4 nitrogen and oxygen atoms in total. The zero-order valence-corrected chi connectivity index (χ0v) is 8.88. The lowest BCUT2D eigenvalue weighted by Gasteiger charge is -2.30. The van der Waals surface area contributed by atoms with Crippen LogP contribution in [0.15, 0.2) is 6.20 Å². The van der Waals surface area contributed by atoms with E-state index in [1.807, 2.05) is 11.8 Å². The highest BCUT2D eigenvalue weighted by Gasteiger charge is 2.23. The smallest absolute Gasteiger partial charge is 0.167 e. The molecule has 0 aliphatic carbocycles.